The third-order valence-corrected chi connectivity index (χ3v) is 16.7. The van der Waals surface area contributed by atoms with Crippen molar-refractivity contribution in [2.45, 2.75) is 54.0 Å². The van der Waals surface area contributed by atoms with Gasteiger partial charge in [-0.1, -0.05) is 217 Å². The van der Waals surface area contributed by atoms with E-state index in [1.54, 1.807) is 5.38 Å². The number of carbonyl (C=O) groups excluding carboxylic acids is 4. The number of ether oxygens (including phenoxy) is 2. The molecular formula is C63H52ClN5O7S2. The van der Waals surface area contributed by atoms with Crippen LogP contribution in [0, 0.1) is 0 Å². The lowest BCUT2D eigenvalue weighted by Gasteiger charge is -2.49. The third kappa shape index (κ3) is 10.3. The molecule has 15 heteroatoms. The Labute approximate surface area is 465 Å². The predicted octanol–water partition coefficient (Wildman–Crippen LogP) is 11.7. The van der Waals surface area contributed by atoms with Gasteiger partial charge in [0.25, 0.3) is 11.8 Å². The second-order valence-corrected chi connectivity index (χ2v) is 21.3. The summed E-state index contributed by atoms with van der Waals surface area (Å²) in [7, 11) is 0. The normalized spacial score (nSPS) is 16.8. The van der Waals surface area contributed by atoms with Gasteiger partial charge in [0.05, 0.1) is 0 Å². The van der Waals surface area contributed by atoms with Crippen LogP contribution in [0.5, 0.6) is 0 Å². The molecule has 1 unspecified atom stereocenters. The maximum absolute atomic E-state index is 15.1. The summed E-state index contributed by atoms with van der Waals surface area (Å²) in [6.07, 6.45) is -0.341. The summed E-state index contributed by atoms with van der Waals surface area (Å²) >= 11 is 9.11. The van der Waals surface area contributed by atoms with Crippen LogP contribution in [0.4, 0.5) is 5.13 Å². The fourth-order valence-corrected chi connectivity index (χ4v) is 12.5. The summed E-state index contributed by atoms with van der Waals surface area (Å²) in [6.45, 7) is 0. The number of β-lactam (4-membered cyclic amide) rings is 1. The lowest BCUT2D eigenvalue weighted by molar-refractivity contribution is -0.189. The van der Waals surface area contributed by atoms with Crippen molar-refractivity contribution in [3.05, 3.63) is 274 Å². The Bertz CT molecular complexity index is 3290. The van der Waals surface area contributed by atoms with Gasteiger partial charge in [0, 0.05) is 29.9 Å². The number of thiazole rings is 1. The van der Waals surface area contributed by atoms with E-state index in [1.165, 1.54) is 28.0 Å². The van der Waals surface area contributed by atoms with Crippen molar-refractivity contribution in [1.29, 1.82) is 0 Å². The number of carbonyl (C=O) groups is 4. The molecule has 0 bridgehead atoms. The van der Waals surface area contributed by atoms with Gasteiger partial charge in [-0.05, 0) is 50.9 Å². The number of nitrogens with one attached hydrogen (secondary N) is 2. The monoisotopic (exact) mass is 1090 g/mol. The molecule has 12 nitrogen and oxygen atoms in total. The minimum absolute atomic E-state index is 0.0254. The summed E-state index contributed by atoms with van der Waals surface area (Å²) in [4.78, 5) is 71.3. The van der Waals surface area contributed by atoms with Crippen LogP contribution in [-0.2, 0) is 39.0 Å². The van der Waals surface area contributed by atoms with Gasteiger partial charge in [0.15, 0.2) is 23.1 Å². The first kappa shape index (κ1) is 51.8. The molecular weight excluding hydrogens is 1040 g/mol. The molecule has 2 N–H and O–H groups in total. The molecule has 3 heterocycles. The molecule has 2 amide bonds. The first-order valence-corrected chi connectivity index (χ1v) is 28.0. The van der Waals surface area contributed by atoms with Crippen LogP contribution in [0.3, 0.4) is 0 Å². The fraction of sp³-hybridized carbons (Fsp3) is 0.175. The van der Waals surface area contributed by atoms with Crippen molar-refractivity contribution in [3.8, 4) is 0 Å². The second kappa shape index (κ2) is 23.1. The summed E-state index contributed by atoms with van der Waals surface area (Å²) < 4.78 is 12.6. The molecule has 1 aliphatic carbocycles. The number of nitrogens with zero attached hydrogens (tertiary/aromatic N) is 3. The lowest BCUT2D eigenvalue weighted by Crippen LogP contribution is -2.71. The third-order valence-electron chi connectivity index (χ3n) is 14.3. The van der Waals surface area contributed by atoms with Crippen LogP contribution >= 0.6 is 34.7 Å². The van der Waals surface area contributed by atoms with Gasteiger partial charge < -0.3 is 24.9 Å². The lowest BCUT2D eigenvalue weighted by atomic mass is 9.77. The zero-order valence-electron chi connectivity index (χ0n) is 42.0. The first-order valence-electron chi connectivity index (χ1n) is 25.6. The number of hydrogen-bond donors (Lipinski definition) is 2. The van der Waals surface area contributed by atoms with Crippen molar-refractivity contribution in [2.24, 2.45) is 5.16 Å². The molecule has 7 aromatic carbocycles. The number of rotatable bonds is 19. The number of fused-ring (bicyclic) bond motifs is 1. The molecule has 3 aliphatic rings. The summed E-state index contributed by atoms with van der Waals surface area (Å²) in [5.41, 5.74) is 3.77. The molecule has 2 aliphatic heterocycles. The van der Waals surface area contributed by atoms with Crippen molar-refractivity contribution in [2.75, 3.05) is 16.9 Å². The van der Waals surface area contributed by atoms with E-state index in [-0.39, 0.29) is 35.8 Å². The molecule has 8 aromatic rings. The summed E-state index contributed by atoms with van der Waals surface area (Å²) in [5.74, 6) is -2.42. The minimum Gasteiger partial charge on any atom is -0.450 e. The van der Waals surface area contributed by atoms with Gasteiger partial charge in [-0.2, -0.15) is 0 Å². The highest BCUT2D eigenvalue weighted by molar-refractivity contribution is 8.00. The Balaban J connectivity index is 0.919. The van der Waals surface area contributed by atoms with Gasteiger partial charge in [-0.25, -0.2) is 14.6 Å². The van der Waals surface area contributed by atoms with Crippen molar-refractivity contribution >= 4 is 69.3 Å². The van der Waals surface area contributed by atoms with E-state index in [0.29, 0.717) is 22.9 Å². The highest BCUT2D eigenvalue weighted by Gasteiger charge is 2.55. The Morgan fingerprint density at radius 1 is 0.667 bits per heavy atom. The maximum Gasteiger partial charge on any atom is 0.356 e. The van der Waals surface area contributed by atoms with E-state index in [9.17, 15) is 14.4 Å². The van der Waals surface area contributed by atoms with Crippen molar-refractivity contribution in [1.82, 2.24) is 15.2 Å². The van der Waals surface area contributed by atoms with Gasteiger partial charge in [-0.3, -0.25) is 14.5 Å². The molecule has 1 saturated heterocycles. The van der Waals surface area contributed by atoms with Crippen LogP contribution in [0.15, 0.2) is 234 Å². The van der Waals surface area contributed by atoms with Crippen LogP contribution in [0.25, 0.3) is 0 Å². The molecule has 0 radical (unpaired) electrons. The first-order chi connectivity index (χ1) is 38.3. The van der Waals surface area contributed by atoms with Crippen LogP contribution in [0.2, 0.25) is 0 Å². The topological polar surface area (TPSA) is 149 Å². The van der Waals surface area contributed by atoms with Crippen LogP contribution < -0.4 is 10.6 Å². The number of esters is 2. The molecule has 1 saturated carbocycles. The molecule has 1 aromatic heterocycles. The number of hydrogen-bond acceptors (Lipinski definition) is 12. The fourth-order valence-electron chi connectivity index (χ4n) is 10.1. The Kier molecular flexibility index (Phi) is 15.4. The van der Waals surface area contributed by atoms with Crippen LogP contribution in [0.1, 0.15) is 76.1 Å². The largest absolute Gasteiger partial charge is 0.450 e. The number of halogens is 1. The number of anilines is 1. The average molecular weight is 1090 g/mol. The number of oxime groups is 1. The quantitative estimate of drug-likeness (QED) is 0.0200. The van der Waals surface area contributed by atoms with Gasteiger partial charge in [0.2, 0.25) is 5.60 Å². The molecule has 2 fully saturated rings. The van der Waals surface area contributed by atoms with E-state index >= 15 is 4.79 Å². The number of alkyl halides is 1. The zero-order chi connectivity index (χ0) is 53.5. The van der Waals surface area contributed by atoms with Gasteiger partial charge >= 0.3 is 11.9 Å². The number of aromatic nitrogens is 1. The minimum atomic E-state index is -1.54. The Hall–Kier alpha value is -8.30. The molecule has 11 rings (SSSR count). The van der Waals surface area contributed by atoms with E-state index < -0.39 is 58.5 Å². The van der Waals surface area contributed by atoms with E-state index in [0.717, 1.165) is 38.9 Å². The van der Waals surface area contributed by atoms with Gasteiger partial charge in [-0.15, -0.1) is 34.7 Å². The van der Waals surface area contributed by atoms with E-state index in [1.807, 2.05) is 176 Å². The number of thioether (sulfide) groups is 1. The predicted molar refractivity (Wildman–Crippen MR) is 304 cm³/mol. The van der Waals surface area contributed by atoms with Crippen molar-refractivity contribution < 1.29 is 33.5 Å². The Morgan fingerprint density at radius 2 is 1.12 bits per heavy atom. The highest BCUT2D eigenvalue weighted by atomic mass is 35.5. The van der Waals surface area contributed by atoms with E-state index in [2.05, 4.69) is 52.2 Å². The van der Waals surface area contributed by atoms with Crippen molar-refractivity contribution in [3.63, 3.8) is 0 Å². The molecule has 390 valence electrons. The summed E-state index contributed by atoms with van der Waals surface area (Å²) in [5, 5.41) is 12.6. The molecule has 78 heavy (non-hydrogen) atoms. The van der Waals surface area contributed by atoms with Crippen LogP contribution in [-0.4, -0.2) is 68.0 Å². The maximum atomic E-state index is 15.1. The molecule has 2 atom stereocenters. The SMILES string of the molecule is O=C(OC(c1ccccc1)c1ccccc1)C1=C(CCl)CS[C@@H]2C(NC(=O)/C(=N\OC3(C(=O)OC(c4ccccc4)c4ccccc4)CCC3)c3csc(NC(c4ccccc4)(c4ccccc4)c4ccccc4)n3)C(=O)N12. The second-order valence-electron chi connectivity index (χ2n) is 19.1. The average Bonchev–Trinajstić information content (AvgIpc) is 4.00. The number of benzene rings is 7. The van der Waals surface area contributed by atoms with E-state index in [4.69, 9.17) is 30.9 Å². The zero-order valence-corrected chi connectivity index (χ0v) is 44.4. The highest BCUT2D eigenvalue weighted by Crippen LogP contribution is 2.44. The number of amides is 2. The Morgan fingerprint density at radius 3 is 1.55 bits per heavy atom. The standard InChI is InChI=1S/C63H52ClN5O7S2/c64-39-46-40-77-58-52(57(71)69(58)53(46)59(72)74-54(42-23-8-1-9-24-42)43-25-10-2-11-26-43)66-56(70)51(68-76-62(37-22-38-62)60(73)75-55(44-27-12-3-13-28-44)45-29-14-4-15-30-45)50-41-78-61(65-50)67-63(47-31-16-5-17-32-47,48-33-18-6-19-34-48)49-35-20-7-21-36-49/h1-21,23-36,41,52,54-55,58H,22,37-40H2,(H,65,67)(H,66,70)/b68-51-/t52?,58-/m1/s1. The smallest absolute Gasteiger partial charge is 0.356 e. The van der Waals surface area contributed by atoms with Gasteiger partial charge in [0.1, 0.15) is 28.3 Å². The molecule has 0 spiro atoms. The summed E-state index contributed by atoms with van der Waals surface area (Å²) in [6, 6.07) is 66.6.